The predicted molar refractivity (Wildman–Crippen MR) is 64.3 cm³/mol. The van der Waals surface area contributed by atoms with Crippen molar-refractivity contribution in [1.29, 1.82) is 0 Å². The SMILES string of the molecule is CCC(C1CNCCN1)[Si](C)(OC)OC. The lowest BCUT2D eigenvalue weighted by molar-refractivity contribution is 0.218. The molecule has 0 aromatic rings. The van der Waals surface area contributed by atoms with E-state index in [1.807, 2.05) is 0 Å². The minimum Gasteiger partial charge on any atom is -0.398 e. The summed E-state index contributed by atoms with van der Waals surface area (Å²) in [5.41, 5.74) is 0.500. The second kappa shape index (κ2) is 5.96. The Labute approximate surface area is 94.0 Å². The minimum atomic E-state index is -2.02. The third-order valence-corrected chi connectivity index (χ3v) is 7.26. The maximum Gasteiger partial charge on any atom is 0.339 e. The highest BCUT2D eigenvalue weighted by Gasteiger charge is 2.43. The van der Waals surface area contributed by atoms with Gasteiger partial charge in [0.2, 0.25) is 0 Å². The van der Waals surface area contributed by atoms with Crippen molar-refractivity contribution >= 4 is 8.56 Å². The molecule has 0 aliphatic carbocycles. The molecule has 2 unspecified atom stereocenters. The van der Waals surface area contributed by atoms with Gasteiger partial charge in [-0.2, -0.15) is 0 Å². The minimum absolute atomic E-state index is 0.486. The molecule has 0 saturated carbocycles. The summed E-state index contributed by atoms with van der Waals surface area (Å²) >= 11 is 0. The molecule has 4 nitrogen and oxygen atoms in total. The monoisotopic (exact) mass is 232 g/mol. The second-order valence-electron chi connectivity index (χ2n) is 4.20. The van der Waals surface area contributed by atoms with Crippen molar-refractivity contribution in [3.63, 3.8) is 0 Å². The first kappa shape index (κ1) is 13.1. The molecule has 1 aliphatic rings. The summed E-state index contributed by atoms with van der Waals surface area (Å²) in [6.07, 6.45) is 1.10. The number of hydrogen-bond acceptors (Lipinski definition) is 4. The predicted octanol–water partition coefficient (Wildman–Crippen LogP) is 0.693. The largest absolute Gasteiger partial charge is 0.398 e. The molecule has 15 heavy (non-hydrogen) atoms. The highest BCUT2D eigenvalue weighted by atomic mass is 28.4. The fourth-order valence-electron chi connectivity index (χ4n) is 2.37. The van der Waals surface area contributed by atoms with Crippen molar-refractivity contribution in [2.45, 2.75) is 31.5 Å². The van der Waals surface area contributed by atoms with Crippen molar-refractivity contribution in [2.75, 3.05) is 33.9 Å². The van der Waals surface area contributed by atoms with Crippen LogP contribution in [0.2, 0.25) is 12.1 Å². The Morgan fingerprint density at radius 3 is 2.40 bits per heavy atom. The van der Waals surface area contributed by atoms with E-state index >= 15 is 0 Å². The first-order valence-electron chi connectivity index (χ1n) is 5.72. The molecule has 1 aliphatic heterocycles. The van der Waals surface area contributed by atoms with Crippen LogP contribution < -0.4 is 10.6 Å². The Balaban J connectivity index is 2.67. The lowest BCUT2D eigenvalue weighted by atomic mass is 10.1. The summed E-state index contributed by atoms with van der Waals surface area (Å²) in [6, 6.07) is 0.486. The topological polar surface area (TPSA) is 42.5 Å². The summed E-state index contributed by atoms with van der Waals surface area (Å²) < 4.78 is 11.3. The molecule has 1 fully saturated rings. The van der Waals surface area contributed by atoms with Gasteiger partial charge < -0.3 is 19.5 Å². The maximum atomic E-state index is 5.64. The van der Waals surface area contributed by atoms with Gasteiger partial charge in [-0.3, -0.25) is 0 Å². The molecule has 90 valence electrons. The smallest absolute Gasteiger partial charge is 0.339 e. The molecule has 0 amide bonds. The average molecular weight is 232 g/mol. The van der Waals surface area contributed by atoms with Gasteiger partial charge in [-0.25, -0.2) is 0 Å². The third kappa shape index (κ3) is 3.01. The van der Waals surface area contributed by atoms with Crippen LogP contribution in [-0.4, -0.2) is 48.5 Å². The van der Waals surface area contributed by atoms with E-state index in [2.05, 4.69) is 24.1 Å². The molecule has 1 saturated heterocycles. The average Bonchev–Trinajstić information content (AvgIpc) is 2.31. The van der Waals surface area contributed by atoms with Crippen LogP contribution in [0.4, 0.5) is 0 Å². The van der Waals surface area contributed by atoms with Gasteiger partial charge in [-0.1, -0.05) is 6.92 Å². The lowest BCUT2D eigenvalue weighted by Gasteiger charge is -2.39. The first-order chi connectivity index (χ1) is 7.18. The number of nitrogens with one attached hydrogen (secondary N) is 2. The van der Waals surface area contributed by atoms with Gasteiger partial charge >= 0.3 is 8.56 Å². The molecule has 5 heteroatoms. The van der Waals surface area contributed by atoms with Gasteiger partial charge in [0.05, 0.1) is 0 Å². The molecule has 2 N–H and O–H groups in total. The number of hydrogen-bond donors (Lipinski definition) is 2. The molecule has 0 aromatic heterocycles. The van der Waals surface area contributed by atoms with E-state index in [-0.39, 0.29) is 0 Å². The molecular weight excluding hydrogens is 208 g/mol. The van der Waals surface area contributed by atoms with Crippen molar-refractivity contribution in [3.05, 3.63) is 0 Å². The van der Waals surface area contributed by atoms with E-state index in [9.17, 15) is 0 Å². The van der Waals surface area contributed by atoms with E-state index in [4.69, 9.17) is 8.85 Å². The molecule has 0 aromatic carbocycles. The van der Waals surface area contributed by atoms with Crippen molar-refractivity contribution in [1.82, 2.24) is 10.6 Å². The molecule has 2 atom stereocenters. The molecule has 1 rings (SSSR count). The Bertz CT molecular complexity index is 182. The Morgan fingerprint density at radius 1 is 1.33 bits per heavy atom. The summed E-state index contributed by atoms with van der Waals surface area (Å²) in [6.45, 7) is 7.49. The van der Waals surface area contributed by atoms with Gasteiger partial charge in [-0.15, -0.1) is 0 Å². The lowest BCUT2D eigenvalue weighted by Crippen LogP contribution is -2.57. The summed E-state index contributed by atoms with van der Waals surface area (Å²) in [7, 11) is 1.53. The van der Waals surface area contributed by atoms with E-state index in [0.717, 1.165) is 26.1 Å². The molecule has 0 radical (unpaired) electrons. The van der Waals surface area contributed by atoms with E-state index in [1.54, 1.807) is 14.2 Å². The van der Waals surface area contributed by atoms with Crippen LogP contribution in [0.15, 0.2) is 0 Å². The number of piperazine rings is 1. The standard InChI is InChI=1S/C10H24N2O2Si/c1-5-10(15(4,13-2)14-3)9-8-11-6-7-12-9/h9-12H,5-8H2,1-4H3. The molecule has 0 bridgehead atoms. The van der Waals surface area contributed by atoms with Crippen LogP contribution in [-0.2, 0) is 8.85 Å². The molecule has 1 heterocycles. The maximum absolute atomic E-state index is 5.64. The highest BCUT2D eigenvalue weighted by molar-refractivity contribution is 6.67. The van der Waals surface area contributed by atoms with Crippen LogP contribution >= 0.6 is 0 Å². The quantitative estimate of drug-likeness (QED) is 0.685. The van der Waals surface area contributed by atoms with E-state index in [0.29, 0.717) is 11.6 Å². The van der Waals surface area contributed by atoms with Gasteiger partial charge in [0.25, 0.3) is 0 Å². The molecule has 0 spiro atoms. The van der Waals surface area contributed by atoms with Crippen molar-refractivity contribution in [3.8, 4) is 0 Å². The zero-order chi connectivity index (χ0) is 11.3. The van der Waals surface area contributed by atoms with E-state index < -0.39 is 8.56 Å². The Kier molecular flexibility index (Phi) is 5.21. The second-order valence-corrected chi connectivity index (χ2v) is 7.79. The fraction of sp³-hybridized carbons (Fsp3) is 1.00. The van der Waals surface area contributed by atoms with Gasteiger partial charge in [0, 0.05) is 45.4 Å². The fourth-order valence-corrected chi connectivity index (χ4v) is 4.85. The van der Waals surface area contributed by atoms with Crippen molar-refractivity contribution < 1.29 is 8.85 Å². The normalized spacial score (nSPS) is 25.2. The Hall–Kier alpha value is 0.0569. The van der Waals surface area contributed by atoms with Gasteiger partial charge in [0.15, 0.2) is 0 Å². The van der Waals surface area contributed by atoms with Crippen molar-refractivity contribution in [2.24, 2.45) is 0 Å². The van der Waals surface area contributed by atoms with Gasteiger partial charge in [0.1, 0.15) is 0 Å². The summed E-state index contributed by atoms with van der Waals surface area (Å²) in [5.74, 6) is 0. The first-order valence-corrected chi connectivity index (χ1v) is 8.11. The zero-order valence-electron chi connectivity index (χ0n) is 10.3. The zero-order valence-corrected chi connectivity index (χ0v) is 11.3. The summed E-state index contributed by atoms with van der Waals surface area (Å²) in [4.78, 5) is 0. The highest BCUT2D eigenvalue weighted by Crippen LogP contribution is 2.30. The molecular formula is C10H24N2O2Si. The third-order valence-electron chi connectivity index (χ3n) is 3.48. The van der Waals surface area contributed by atoms with E-state index in [1.165, 1.54) is 0 Å². The number of rotatable bonds is 5. The summed E-state index contributed by atoms with van der Waals surface area (Å²) in [5, 5.41) is 6.98. The van der Waals surface area contributed by atoms with Crippen LogP contribution in [0.25, 0.3) is 0 Å². The van der Waals surface area contributed by atoms with Crippen LogP contribution in [0.5, 0.6) is 0 Å². The van der Waals surface area contributed by atoms with Crippen LogP contribution in [0.1, 0.15) is 13.3 Å². The Morgan fingerprint density at radius 2 is 2.00 bits per heavy atom. The van der Waals surface area contributed by atoms with Crippen LogP contribution in [0, 0.1) is 0 Å². The van der Waals surface area contributed by atoms with Gasteiger partial charge in [-0.05, 0) is 13.0 Å². The van der Waals surface area contributed by atoms with Crippen LogP contribution in [0.3, 0.4) is 0 Å².